The minimum atomic E-state index is -4.63. The maximum absolute atomic E-state index is 14.1. The standard InChI is InChI=1S/C28H24Cl2F3N3O/c1-35(2)16-15-34-27(37)20-5-3-18(4-6-20)24-13-14-25(19-7-9-21(29)10-8-19)36(24)26-12-11-22(30)17-23(26)28(31,32)33/h3-14,17H,15-16H2,1-2H3,(H,34,37). The molecule has 0 aliphatic carbocycles. The monoisotopic (exact) mass is 545 g/mol. The Morgan fingerprint density at radius 3 is 1.92 bits per heavy atom. The van der Waals surface area contributed by atoms with Gasteiger partial charge >= 0.3 is 6.18 Å². The molecule has 0 aliphatic heterocycles. The van der Waals surface area contributed by atoms with Crippen molar-refractivity contribution in [3.05, 3.63) is 100 Å². The van der Waals surface area contributed by atoms with Gasteiger partial charge in [-0.15, -0.1) is 0 Å². The number of hydrogen-bond acceptors (Lipinski definition) is 2. The molecule has 0 unspecified atom stereocenters. The SMILES string of the molecule is CN(C)CCNC(=O)c1ccc(-c2ccc(-c3ccc(Cl)cc3)n2-c2ccc(Cl)cc2C(F)(F)F)cc1. The summed E-state index contributed by atoms with van der Waals surface area (Å²) in [7, 11) is 3.83. The lowest BCUT2D eigenvalue weighted by molar-refractivity contribution is -0.137. The second-order valence-electron chi connectivity index (χ2n) is 8.74. The van der Waals surface area contributed by atoms with Crippen molar-refractivity contribution in [1.29, 1.82) is 0 Å². The van der Waals surface area contributed by atoms with E-state index in [0.717, 1.165) is 6.07 Å². The van der Waals surface area contributed by atoms with E-state index in [2.05, 4.69) is 5.32 Å². The van der Waals surface area contributed by atoms with Gasteiger partial charge in [0.25, 0.3) is 5.91 Å². The molecule has 4 aromatic rings. The molecule has 0 spiro atoms. The van der Waals surface area contributed by atoms with Crippen LogP contribution in [0.25, 0.3) is 28.2 Å². The first-order valence-corrected chi connectivity index (χ1v) is 12.2. The molecule has 0 aliphatic rings. The Hall–Kier alpha value is -3.26. The molecule has 1 amide bonds. The molecule has 37 heavy (non-hydrogen) atoms. The maximum Gasteiger partial charge on any atom is 0.418 e. The first-order valence-electron chi connectivity index (χ1n) is 11.4. The quantitative estimate of drug-likeness (QED) is 0.262. The van der Waals surface area contributed by atoms with E-state index in [4.69, 9.17) is 23.2 Å². The van der Waals surface area contributed by atoms with Crippen LogP contribution in [0.4, 0.5) is 13.2 Å². The van der Waals surface area contributed by atoms with Crippen molar-refractivity contribution in [2.24, 2.45) is 0 Å². The number of carbonyl (C=O) groups is 1. The Morgan fingerprint density at radius 1 is 0.838 bits per heavy atom. The molecule has 1 N–H and O–H groups in total. The summed E-state index contributed by atoms with van der Waals surface area (Å²) in [5.74, 6) is -0.220. The molecule has 0 atom stereocenters. The van der Waals surface area contributed by atoms with Crippen molar-refractivity contribution in [3.63, 3.8) is 0 Å². The van der Waals surface area contributed by atoms with Crippen LogP contribution >= 0.6 is 23.2 Å². The van der Waals surface area contributed by atoms with Crippen molar-refractivity contribution in [1.82, 2.24) is 14.8 Å². The Balaban J connectivity index is 1.81. The predicted octanol–water partition coefficient (Wildman–Crippen LogP) is 7.43. The summed E-state index contributed by atoms with van der Waals surface area (Å²) >= 11 is 12.0. The summed E-state index contributed by atoms with van der Waals surface area (Å²) < 4.78 is 43.8. The van der Waals surface area contributed by atoms with Gasteiger partial charge in [-0.2, -0.15) is 13.2 Å². The number of benzene rings is 3. The van der Waals surface area contributed by atoms with Gasteiger partial charge in [0.2, 0.25) is 0 Å². The summed E-state index contributed by atoms with van der Waals surface area (Å²) in [5.41, 5.74) is 1.95. The van der Waals surface area contributed by atoms with Crippen molar-refractivity contribution in [2.75, 3.05) is 27.2 Å². The number of halogens is 5. The van der Waals surface area contributed by atoms with Crippen LogP contribution in [-0.2, 0) is 6.18 Å². The van der Waals surface area contributed by atoms with Crippen molar-refractivity contribution < 1.29 is 18.0 Å². The fourth-order valence-electron chi connectivity index (χ4n) is 3.99. The number of amides is 1. The van der Waals surface area contributed by atoms with Gasteiger partial charge in [0.05, 0.1) is 22.6 Å². The highest BCUT2D eigenvalue weighted by Crippen LogP contribution is 2.40. The number of hydrogen-bond donors (Lipinski definition) is 1. The molecule has 1 heterocycles. The van der Waals surface area contributed by atoms with Crippen LogP contribution in [-0.4, -0.2) is 42.6 Å². The minimum Gasteiger partial charge on any atom is -0.351 e. The van der Waals surface area contributed by atoms with Crippen LogP contribution in [0.5, 0.6) is 0 Å². The molecular weight excluding hydrogens is 522 g/mol. The van der Waals surface area contributed by atoms with E-state index in [1.54, 1.807) is 65.2 Å². The van der Waals surface area contributed by atoms with E-state index in [9.17, 15) is 18.0 Å². The van der Waals surface area contributed by atoms with Crippen LogP contribution in [0.15, 0.2) is 78.9 Å². The van der Waals surface area contributed by atoms with Gasteiger partial charge in [0, 0.05) is 28.7 Å². The lowest BCUT2D eigenvalue weighted by Crippen LogP contribution is -2.31. The molecule has 3 aromatic carbocycles. The van der Waals surface area contributed by atoms with Gasteiger partial charge in [-0.1, -0.05) is 47.5 Å². The average Bonchev–Trinajstić information content (AvgIpc) is 3.28. The molecule has 4 nitrogen and oxygen atoms in total. The van der Waals surface area contributed by atoms with Crippen LogP contribution in [0.3, 0.4) is 0 Å². The van der Waals surface area contributed by atoms with Crippen LogP contribution in [0, 0.1) is 0 Å². The average molecular weight is 546 g/mol. The summed E-state index contributed by atoms with van der Waals surface area (Å²) in [4.78, 5) is 14.4. The zero-order chi connectivity index (χ0) is 26.7. The molecule has 0 fully saturated rings. The Labute approximate surface area is 223 Å². The second kappa shape index (κ2) is 11.0. The normalized spacial score (nSPS) is 11.7. The van der Waals surface area contributed by atoms with Gasteiger partial charge < -0.3 is 14.8 Å². The molecule has 0 bridgehead atoms. The largest absolute Gasteiger partial charge is 0.418 e. The number of nitrogens with one attached hydrogen (secondary N) is 1. The molecular formula is C28H24Cl2F3N3O. The third-order valence-corrected chi connectivity index (χ3v) is 6.30. The van der Waals surface area contributed by atoms with E-state index >= 15 is 0 Å². The Bertz CT molecular complexity index is 1400. The zero-order valence-corrected chi connectivity index (χ0v) is 21.6. The minimum absolute atomic E-state index is 0.0116. The van der Waals surface area contributed by atoms with Crippen LogP contribution in [0.1, 0.15) is 15.9 Å². The van der Waals surface area contributed by atoms with Gasteiger partial charge in [0.15, 0.2) is 0 Å². The summed E-state index contributed by atoms with van der Waals surface area (Å²) in [5, 5.41) is 3.36. The lowest BCUT2D eigenvalue weighted by atomic mass is 10.1. The van der Waals surface area contributed by atoms with Crippen molar-refractivity contribution in [3.8, 4) is 28.2 Å². The van der Waals surface area contributed by atoms with Crippen LogP contribution in [0.2, 0.25) is 10.0 Å². The maximum atomic E-state index is 14.1. The Kier molecular flexibility index (Phi) is 7.97. The molecule has 9 heteroatoms. The number of carbonyl (C=O) groups excluding carboxylic acids is 1. The molecule has 0 saturated heterocycles. The highest BCUT2D eigenvalue weighted by Gasteiger charge is 2.35. The Morgan fingerprint density at radius 2 is 1.38 bits per heavy atom. The molecule has 0 radical (unpaired) electrons. The van der Waals surface area contributed by atoms with Gasteiger partial charge in [-0.25, -0.2) is 0 Å². The fourth-order valence-corrected chi connectivity index (χ4v) is 4.28. The van der Waals surface area contributed by atoms with Crippen molar-refractivity contribution >= 4 is 29.1 Å². The zero-order valence-electron chi connectivity index (χ0n) is 20.1. The van der Waals surface area contributed by atoms with Gasteiger partial charge in [-0.05, 0) is 79.8 Å². The number of alkyl halides is 3. The smallest absolute Gasteiger partial charge is 0.351 e. The second-order valence-corrected chi connectivity index (χ2v) is 9.61. The van der Waals surface area contributed by atoms with Gasteiger partial charge in [-0.3, -0.25) is 4.79 Å². The first-order chi connectivity index (χ1) is 17.5. The number of rotatable bonds is 7. The van der Waals surface area contributed by atoms with E-state index < -0.39 is 11.7 Å². The lowest BCUT2D eigenvalue weighted by Gasteiger charge is -2.20. The number of nitrogens with zero attached hydrogens (tertiary/aromatic N) is 2. The highest BCUT2D eigenvalue weighted by molar-refractivity contribution is 6.31. The summed E-state index contributed by atoms with van der Waals surface area (Å²) in [6.45, 7) is 1.20. The molecule has 4 rings (SSSR count). The number of likely N-dealkylation sites (N-methyl/N-ethyl adjacent to an activating group) is 1. The van der Waals surface area contributed by atoms with E-state index in [1.807, 2.05) is 19.0 Å². The third kappa shape index (κ3) is 6.18. The third-order valence-electron chi connectivity index (χ3n) is 5.81. The highest BCUT2D eigenvalue weighted by atomic mass is 35.5. The van der Waals surface area contributed by atoms with E-state index in [1.165, 1.54) is 12.1 Å². The van der Waals surface area contributed by atoms with Crippen LogP contribution < -0.4 is 5.32 Å². The van der Waals surface area contributed by atoms with Crippen molar-refractivity contribution in [2.45, 2.75) is 6.18 Å². The molecule has 0 saturated carbocycles. The first kappa shape index (κ1) is 26.8. The topological polar surface area (TPSA) is 37.3 Å². The molecule has 1 aromatic heterocycles. The van der Waals surface area contributed by atoms with E-state index in [0.29, 0.717) is 46.2 Å². The summed E-state index contributed by atoms with van der Waals surface area (Å²) in [6.07, 6.45) is -4.63. The van der Waals surface area contributed by atoms with E-state index in [-0.39, 0.29) is 16.6 Å². The predicted molar refractivity (Wildman–Crippen MR) is 143 cm³/mol. The fraction of sp³-hybridized carbons (Fsp3) is 0.179. The summed E-state index contributed by atoms with van der Waals surface area (Å²) in [6, 6.07) is 20.9. The number of aromatic nitrogens is 1. The van der Waals surface area contributed by atoms with Gasteiger partial charge in [0.1, 0.15) is 0 Å². The molecule has 192 valence electrons.